The van der Waals surface area contributed by atoms with Gasteiger partial charge in [0.25, 0.3) is 10.1 Å². The summed E-state index contributed by atoms with van der Waals surface area (Å²) >= 11 is 0. The minimum absolute atomic E-state index is 0.102. The molecule has 0 fully saturated rings. The fraction of sp³-hybridized carbons (Fsp3) is 0.0455. The van der Waals surface area contributed by atoms with E-state index in [-0.39, 0.29) is 22.1 Å². The van der Waals surface area contributed by atoms with E-state index in [9.17, 15) is 17.4 Å². The molecule has 0 saturated carbocycles. The molecule has 0 radical (unpaired) electrons. The average molecular weight is 436 g/mol. The number of azo groups is 1. The molecule has 156 valence electrons. The number of nitrogens with zero attached hydrogens (tertiary/aromatic N) is 3. The molecule has 31 heavy (non-hydrogen) atoms. The van der Waals surface area contributed by atoms with Gasteiger partial charge in [0.05, 0.1) is 17.6 Å². The van der Waals surface area contributed by atoms with Crippen LogP contribution in [0.5, 0.6) is 0 Å². The molecule has 0 aliphatic carbocycles. The number of rotatable bonds is 4. The number of anilines is 1. The Kier molecular flexibility index (Phi) is 5.22. The van der Waals surface area contributed by atoms with Crippen LogP contribution in [0.1, 0.15) is 5.56 Å². The lowest BCUT2D eigenvalue weighted by Gasteiger charge is -2.09. The van der Waals surface area contributed by atoms with Crippen LogP contribution in [0.25, 0.3) is 22.0 Å². The quantitative estimate of drug-likeness (QED) is 0.245. The van der Waals surface area contributed by atoms with Gasteiger partial charge in [-0.15, -0.1) is 10.2 Å². The van der Waals surface area contributed by atoms with E-state index in [0.29, 0.717) is 22.2 Å². The highest BCUT2D eigenvalue weighted by atomic mass is 32.2. The molecule has 0 saturated heterocycles. The fourth-order valence-corrected chi connectivity index (χ4v) is 3.99. The first-order valence-electron chi connectivity index (χ1n) is 9.17. The number of aromatic nitrogens is 1. The number of halogens is 1. The van der Waals surface area contributed by atoms with Crippen LogP contribution in [0.2, 0.25) is 0 Å². The Balaban J connectivity index is 1.71. The van der Waals surface area contributed by atoms with Gasteiger partial charge < -0.3 is 5.73 Å². The molecule has 7 nitrogen and oxygen atoms in total. The third kappa shape index (κ3) is 4.14. The van der Waals surface area contributed by atoms with Crippen molar-refractivity contribution in [2.45, 2.75) is 11.8 Å². The molecular weight excluding hydrogens is 419 g/mol. The summed E-state index contributed by atoms with van der Waals surface area (Å²) in [7, 11) is -4.49. The lowest BCUT2D eigenvalue weighted by molar-refractivity contribution is 0.484. The van der Waals surface area contributed by atoms with Crippen molar-refractivity contribution < 1.29 is 17.4 Å². The van der Waals surface area contributed by atoms with Gasteiger partial charge in [0.1, 0.15) is 22.1 Å². The fourth-order valence-electron chi connectivity index (χ4n) is 3.28. The molecule has 0 aliphatic rings. The van der Waals surface area contributed by atoms with Crippen LogP contribution in [0, 0.1) is 12.7 Å². The molecule has 4 rings (SSSR count). The summed E-state index contributed by atoms with van der Waals surface area (Å²) in [6.07, 6.45) is 1.49. The van der Waals surface area contributed by atoms with Gasteiger partial charge >= 0.3 is 0 Å². The highest BCUT2D eigenvalue weighted by Crippen LogP contribution is 2.36. The van der Waals surface area contributed by atoms with Crippen LogP contribution >= 0.6 is 0 Å². The Labute approximate surface area is 177 Å². The van der Waals surface area contributed by atoms with E-state index < -0.39 is 10.1 Å². The van der Waals surface area contributed by atoms with Crippen LogP contribution in [-0.2, 0) is 10.1 Å². The second kappa shape index (κ2) is 7.86. The maximum Gasteiger partial charge on any atom is 0.295 e. The van der Waals surface area contributed by atoms with Crippen LogP contribution in [0.4, 0.5) is 21.5 Å². The zero-order valence-electron chi connectivity index (χ0n) is 16.3. The maximum absolute atomic E-state index is 13.3. The van der Waals surface area contributed by atoms with E-state index in [1.54, 1.807) is 49.4 Å². The first-order chi connectivity index (χ1) is 14.7. The van der Waals surface area contributed by atoms with Crippen molar-refractivity contribution in [3.63, 3.8) is 0 Å². The molecule has 1 aromatic heterocycles. The Bertz CT molecular complexity index is 1440. The molecule has 4 aromatic rings. The van der Waals surface area contributed by atoms with Crippen molar-refractivity contribution in [2.24, 2.45) is 10.2 Å². The van der Waals surface area contributed by atoms with E-state index in [1.807, 2.05) is 0 Å². The van der Waals surface area contributed by atoms with Gasteiger partial charge in [-0.2, -0.15) is 8.42 Å². The lowest BCUT2D eigenvalue weighted by atomic mass is 10.1. The largest absolute Gasteiger partial charge is 0.396 e. The number of pyridine rings is 1. The van der Waals surface area contributed by atoms with Crippen LogP contribution in [0.15, 0.2) is 82.0 Å². The van der Waals surface area contributed by atoms with Crippen molar-refractivity contribution in [3.05, 3.63) is 78.2 Å². The Hall–Kier alpha value is -3.69. The molecular formula is C22H17FN4O3S. The highest BCUT2D eigenvalue weighted by molar-refractivity contribution is 7.86. The summed E-state index contributed by atoms with van der Waals surface area (Å²) in [5.74, 6) is -0.316. The molecule has 0 atom stereocenters. The van der Waals surface area contributed by atoms with Gasteiger partial charge in [0.15, 0.2) is 0 Å². The first-order valence-corrected chi connectivity index (χ1v) is 10.6. The van der Waals surface area contributed by atoms with Gasteiger partial charge in [-0.3, -0.25) is 9.54 Å². The molecule has 0 unspecified atom stereocenters. The van der Waals surface area contributed by atoms with Crippen molar-refractivity contribution in [3.8, 4) is 11.3 Å². The van der Waals surface area contributed by atoms with E-state index in [2.05, 4.69) is 15.2 Å². The van der Waals surface area contributed by atoms with Crippen molar-refractivity contribution >= 4 is 38.0 Å². The summed E-state index contributed by atoms with van der Waals surface area (Å²) < 4.78 is 46.5. The minimum atomic E-state index is -4.49. The number of nitrogens with two attached hydrogens (primary N) is 1. The number of benzene rings is 3. The van der Waals surface area contributed by atoms with E-state index in [0.717, 1.165) is 11.1 Å². The van der Waals surface area contributed by atoms with Crippen LogP contribution in [0.3, 0.4) is 0 Å². The van der Waals surface area contributed by atoms with Gasteiger partial charge in [-0.25, -0.2) is 4.39 Å². The zero-order chi connectivity index (χ0) is 22.2. The summed E-state index contributed by atoms with van der Waals surface area (Å²) in [6.45, 7) is 1.79. The van der Waals surface area contributed by atoms with Gasteiger partial charge in [0.2, 0.25) is 0 Å². The number of hydrogen-bond donors (Lipinski definition) is 2. The predicted molar refractivity (Wildman–Crippen MR) is 117 cm³/mol. The number of nitrogen functional groups attached to an aromatic ring is 1. The second-order valence-electron chi connectivity index (χ2n) is 6.89. The second-order valence-corrected chi connectivity index (χ2v) is 8.28. The lowest BCUT2D eigenvalue weighted by Crippen LogP contribution is -2.01. The third-order valence-corrected chi connectivity index (χ3v) is 5.68. The van der Waals surface area contributed by atoms with Crippen molar-refractivity contribution in [1.82, 2.24) is 4.98 Å². The van der Waals surface area contributed by atoms with Gasteiger partial charge in [-0.1, -0.05) is 24.3 Å². The molecule has 0 spiro atoms. The SMILES string of the molecule is Cc1cc(F)ccc1-c1ccc(N=Nc2cc(S(=O)(=O)O)c3ccccc3c2N)cn1. The number of aryl methyl sites for hydroxylation is 1. The molecule has 3 aromatic carbocycles. The molecule has 0 amide bonds. The predicted octanol–water partition coefficient (Wildman–Crippen LogP) is 5.59. The normalized spacial score (nSPS) is 12.0. The maximum atomic E-state index is 13.3. The van der Waals surface area contributed by atoms with Crippen LogP contribution < -0.4 is 5.73 Å². The Morgan fingerprint density at radius 3 is 2.39 bits per heavy atom. The molecule has 1 heterocycles. The molecule has 9 heteroatoms. The average Bonchev–Trinajstić information content (AvgIpc) is 2.73. The molecule has 3 N–H and O–H groups in total. The zero-order valence-corrected chi connectivity index (χ0v) is 17.1. The third-order valence-electron chi connectivity index (χ3n) is 4.79. The smallest absolute Gasteiger partial charge is 0.295 e. The van der Waals surface area contributed by atoms with E-state index >= 15 is 0 Å². The Morgan fingerprint density at radius 1 is 1.00 bits per heavy atom. The van der Waals surface area contributed by atoms with Gasteiger partial charge in [-0.05, 0) is 48.9 Å². The summed E-state index contributed by atoms with van der Waals surface area (Å²) in [6, 6.07) is 15.6. The molecule has 0 aliphatic heterocycles. The standard InChI is InChI=1S/C22H17FN4O3S/c1-13-10-14(23)6-8-16(13)19-9-7-15(12-25-19)26-27-20-11-21(31(28,29)30)17-4-2-3-5-18(17)22(20)24/h2-12H,24H2,1H3,(H,28,29,30). The summed E-state index contributed by atoms with van der Waals surface area (Å²) in [5.41, 5.74) is 9.09. The topological polar surface area (TPSA) is 118 Å². The summed E-state index contributed by atoms with van der Waals surface area (Å²) in [5, 5.41) is 8.88. The first kappa shape index (κ1) is 20.6. The number of hydrogen-bond acceptors (Lipinski definition) is 6. The monoisotopic (exact) mass is 436 g/mol. The van der Waals surface area contributed by atoms with Crippen molar-refractivity contribution in [1.29, 1.82) is 0 Å². The number of fused-ring (bicyclic) bond motifs is 1. The van der Waals surface area contributed by atoms with E-state index in [4.69, 9.17) is 5.73 Å². The van der Waals surface area contributed by atoms with Crippen LogP contribution in [-0.4, -0.2) is 18.0 Å². The molecule has 0 bridgehead atoms. The van der Waals surface area contributed by atoms with E-state index in [1.165, 1.54) is 24.4 Å². The Morgan fingerprint density at radius 2 is 1.74 bits per heavy atom. The van der Waals surface area contributed by atoms with Gasteiger partial charge in [0, 0.05) is 16.3 Å². The highest BCUT2D eigenvalue weighted by Gasteiger charge is 2.18. The summed E-state index contributed by atoms with van der Waals surface area (Å²) in [4.78, 5) is 4.04. The minimum Gasteiger partial charge on any atom is -0.396 e. The van der Waals surface area contributed by atoms with Crippen molar-refractivity contribution in [2.75, 3.05) is 5.73 Å².